The SMILES string of the molecule is COOC(O)(C(=O)O)c1ccccc1. The van der Waals surface area contributed by atoms with Gasteiger partial charge in [-0.2, -0.15) is 4.89 Å². The Morgan fingerprint density at radius 1 is 1.36 bits per heavy atom. The van der Waals surface area contributed by atoms with Crippen LogP contribution in [0.15, 0.2) is 30.3 Å². The van der Waals surface area contributed by atoms with Crippen LogP contribution in [-0.2, 0) is 20.4 Å². The van der Waals surface area contributed by atoms with E-state index < -0.39 is 11.8 Å². The van der Waals surface area contributed by atoms with Crippen molar-refractivity contribution in [3.8, 4) is 0 Å². The highest BCUT2D eigenvalue weighted by molar-refractivity contribution is 5.77. The van der Waals surface area contributed by atoms with Gasteiger partial charge in [0.05, 0.1) is 7.11 Å². The number of carboxylic acids is 1. The van der Waals surface area contributed by atoms with Crippen molar-refractivity contribution in [2.24, 2.45) is 0 Å². The summed E-state index contributed by atoms with van der Waals surface area (Å²) >= 11 is 0. The van der Waals surface area contributed by atoms with E-state index in [4.69, 9.17) is 5.11 Å². The van der Waals surface area contributed by atoms with E-state index in [1.165, 1.54) is 12.1 Å². The highest BCUT2D eigenvalue weighted by atomic mass is 17.2. The van der Waals surface area contributed by atoms with Gasteiger partial charge in [0.15, 0.2) is 0 Å². The van der Waals surface area contributed by atoms with Crippen molar-refractivity contribution in [3.63, 3.8) is 0 Å². The molecule has 0 radical (unpaired) electrons. The number of benzene rings is 1. The molecule has 5 heteroatoms. The molecule has 0 fully saturated rings. The van der Waals surface area contributed by atoms with Crippen molar-refractivity contribution in [1.29, 1.82) is 0 Å². The second-order valence-corrected chi connectivity index (χ2v) is 2.57. The molecule has 0 saturated carbocycles. The minimum absolute atomic E-state index is 0.0920. The smallest absolute Gasteiger partial charge is 0.372 e. The molecule has 0 aromatic heterocycles. The molecule has 0 aliphatic carbocycles. The maximum absolute atomic E-state index is 10.8. The van der Waals surface area contributed by atoms with E-state index in [0.717, 1.165) is 7.11 Å². The zero-order chi connectivity index (χ0) is 10.6. The summed E-state index contributed by atoms with van der Waals surface area (Å²) < 4.78 is 0. The summed E-state index contributed by atoms with van der Waals surface area (Å²) in [5, 5.41) is 18.4. The molecular weight excluding hydrogens is 188 g/mol. The molecule has 0 saturated heterocycles. The highest BCUT2D eigenvalue weighted by Crippen LogP contribution is 2.22. The number of aliphatic hydroxyl groups is 1. The molecule has 1 aromatic rings. The van der Waals surface area contributed by atoms with Gasteiger partial charge < -0.3 is 10.2 Å². The van der Waals surface area contributed by atoms with Gasteiger partial charge in [-0.05, 0) is 0 Å². The van der Waals surface area contributed by atoms with Crippen LogP contribution in [0.2, 0.25) is 0 Å². The van der Waals surface area contributed by atoms with Crippen molar-refractivity contribution < 1.29 is 24.8 Å². The first-order valence-corrected chi connectivity index (χ1v) is 3.84. The predicted molar refractivity (Wildman–Crippen MR) is 46.1 cm³/mol. The van der Waals surface area contributed by atoms with Crippen LogP contribution in [0.4, 0.5) is 0 Å². The van der Waals surface area contributed by atoms with Crippen LogP contribution < -0.4 is 0 Å². The number of carbonyl (C=O) groups is 1. The summed E-state index contributed by atoms with van der Waals surface area (Å²) in [4.78, 5) is 19.3. The molecule has 0 heterocycles. The Bertz CT molecular complexity index is 310. The lowest BCUT2D eigenvalue weighted by molar-refractivity contribution is -0.401. The number of hydrogen-bond donors (Lipinski definition) is 2. The van der Waals surface area contributed by atoms with Crippen LogP contribution in [0.3, 0.4) is 0 Å². The quantitative estimate of drug-likeness (QED) is 0.418. The monoisotopic (exact) mass is 198 g/mol. The van der Waals surface area contributed by atoms with Crippen LogP contribution in [0, 0.1) is 0 Å². The summed E-state index contributed by atoms with van der Waals surface area (Å²) in [7, 11) is 1.12. The number of carboxylic acid groups (broad SMARTS) is 1. The summed E-state index contributed by atoms with van der Waals surface area (Å²) in [5.74, 6) is -4.00. The third-order valence-corrected chi connectivity index (χ3v) is 1.66. The first kappa shape index (κ1) is 10.6. The standard InChI is InChI=1S/C9H10O5/c1-13-14-9(12,8(10)11)7-5-3-2-4-6-7/h2-6,12H,1H3,(H,10,11). The van der Waals surface area contributed by atoms with E-state index in [-0.39, 0.29) is 5.56 Å². The van der Waals surface area contributed by atoms with Crippen LogP contribution in [0.5, 0.6) is 0 Å². The second kappa shape index (κ2) is 4.19. The van der Waals surface area contributed by atoms with Crippen molar-refractivity contribution in [2.75, 3.05) is 7.11 Å². The minimum Gasteiger partial charge on any atom is -0.477 e. The zero-order valence-electron chi connectivity index (χ0n) is 7.51. The van der Waals surface area contributed by atoms with Gasteiger partial charge in [-0.15, -0.1) is 0 Å². The van der Waals surface area contributed by atoms with Gasteiger partial charge in [0, 0.05) is 5.56 Å². The van der Waals surface area contributed by atoms with Crippen LogP contribution in [0.25, 0.3) is 0 Å². The highest BCUT2D eigenvalue weighted by Gasteiger charge is 2.41. The van der Waals surface area contributed by atoms with E-state index in [0.29, 0.717) is 0 Å². The van der Waals surface area contributed by atoms with Gasteiger partial charge in [-0.1, -0.05) is 30.3 Å². The lowest BCUT2D eigenvalue weighted by Crippen LogP contribution is -2.38. The summed E-state index contributed by atoms with van der Waals surface area (Å²) in [6.45, 7) is 0. The van der Waals surface area contributed by atoms with Crippen LogP contribution >= 0.6 is 0 Å². The Kier molecular flexibility index (Phi) is 3.19. The fourth-order valence-corrected chi connectivity index (χ4v) is 0.992. The molecule has 1 unspecified atom stereocenters. The molecule has 1 rings (SSSR count). The summed E-state index contributed by atoms with van der Waals surface area (Å²) in [6, 6.07) is 7.71. The van der Waals surface area contributed by atoms with Gasteiger partial charge >= 0.3 is 11.8 Å². The van der Waals surface area contributed by atoms with E-state index >= 15 is 0 Å². The van der Waals surface area contributed by atoms with Gasteiger partial charge in [0.1, 0.15) is 0 Å². The van der Waals surface area contributed by atoms with E-state index in [2.05, 4.69) is 9.78 Å². The fraction of sp³-hybridized carbons (Fsp3) is 0.222. The first-order chi connectivity index (χ1) is 6.61. The number of rotatable bonds is 4. The Labute approximate surface area is 80.4 Å². The average Bonchev–Trinajstić information content (AvgIpc) is 2.19. The van der Waals surface area contributed by atoms with Gasteiger partial charge in [-0.25, -0.2) is 9.68 Å². The molecular formula is C9H10O5. The molecule has 1 aromatic carbocycles. The Morgan fingerprint density at radius 2 is 1.93 bits per heavy atom. The van der Waals surface area contributed by atoms with Crippen LogP contribution in [-0.4, -0.2) is 23.3 Å². The Hall–Kier alpha value is -1.43. The molecule has 0 bridgehead atoms. The molecule has 0 aliphatic heterocycles. The third-order valence-electron chi connectivity index (χ3n) is 1.66. The lowest BCUT2D eigenvalue weighted by atomic mass is 10.1. The minimum atomic E-state index is -2.46. The number of hydrogen-bond acceptors (Lipinski definition) is 4. The first-order valence-electron chi connectivity index (χ1n) is 3.84. The average molecular weight is 198 g/mol. The van der Waals surface area contributed by atoms with E-state index in [1.807, 2.05) is 0 Å². The summed E-state index contributed by atoms with van der Waals surface area (Å²) in [6.07, 6.45) is 0. The molecule has 0 aliphatic rings. The fourth-order valence-electron chi connectivity index (χ4n) is 0.992. The van der Waals surface area contributed by atoms with Gasteiger partial charge in [0.25, 0.3) is 0 Å². The Morgan fingerprint density at radius 3 is 2.36 bits per heavy atom. The molecule has 0 spiro atoms. The third kappa shape index (κ3) is 1.90. The lowest BCUT2D eigenvalue weighted by Gasteiger charge is -2.21. The van der Waals surface area contributed by atoms with Crippen molar-refractivity contribution in [3.05, 3.63) is 35.9 Å². The van der Waals surface area contributed by atoms with Crippen molar-refractivity contribution >= 4 is 5.97 Å². The number of aliphatic carboxylic acids is 1. The van der Waals surface area contributed by atoms with Gasteiger partial charge in [-0.3, -0.25) is 0 Å². The van der Waals surface area contributed by atoms with Gasteiger partial charge in [0.2, 0.25) is 0 Å². The maximum atomic E-state index is 10.8. The maximum Gasteiger partial charge on any atom is 0.372 e. The van der Waals surface area contributed by atoms with Crippen molar-refractivity contribution in [1.82, 2.24) is 0 Å². The van der Waals surface area contributed by atoms with Crippen LogP contribution in [0.1, 0.15) is 5.56 Å². The predicted octanol–water partition coefficient (Wildman–Crippen LogP) is 0.494. The molecule has 76 valence electrons. The largest absolute Gasteiger partial charge is 0.477 e. The molecule has 14 heavy (non-hydrogen) atoms. The summed E-state index contributed by atoms with van der Waals surface area (Å²) in [5.41, 5.74) is 0.0920. The van der Waals surface area contributed by atoms with E-state index in [1.54, 1.807) is 18.2 Å². The Balaban J connectivity index is 3.06. The zero-order valence-corrected chi connectivity index (χ0v) is 7.51. The van der Waals surface area contributed by atoms with Crippen molar-refractivity contribution in [2.45, 2.75) is 5.79 Å². The second-order valence-electron chi connectivity index (χ2n) is 2.57. The normalized spacial score (nSPS) is 14.7. The molecule has 0 amide bonds. The molecule has 2 N–H and O–H groups in total. The molecule has 5 nitrogen and oxygen atoms in total. The van der Waals surface area contributed by atoms with E-state index in [9.17, 15) is 9.90 Å². The molecule has 1 atom stereocenters. The topological polar surface area (TPSA) is 76.0 Å².